The first-order valence-corrected chi connectivity index (χ1v) is 15.8. The predicted octanol–water partition coefficient (Wildman–Crippen LogP) is 7.75. The van der Waals surface area contributed by atoms with Crippen LogP contribution in [0.5, 0.6) is 0 Å². The Balaban J connectivity index is 0.000000154. The Kier molecular flexibility index (Phi) is 8.13. The number of halogens is 3. The third kappa shape index (κ3) is 5.57. The predicted molar refractivity (Wildman–Crippen MR) is 182 cm³/mol. The molecule has 2 aromatic heterocycles. The number of carbonyl (C=O) groups excluding carboxylic acids is 4. The average molecular weight is 718 g/mol. The summed E-state index contributed by atoms with van der Waals surface area (Å²) in [4.78, 5) is 61.1. The highest BCUT2D eigenvalue weighted by Gasteiger charge is 2.36. The first kappa shape index (κ1) is 31.6. The lowest BCUT2D eigenvalue weighted by molar-refractivity contribution is 0.0625. The van der Waals surface area contributed by atoms with Gasteiger partial charge in [0.25, 0.3) is 23.6 Å². The Morgan fingerprint density at radius 1 is 0.592 bits per heavy atom. The van der Waals surface area contributed by atoms with Crippen LogP contribution in [0, 0.1) is 11.6 Å². The topological polar surface area (TPSA) is 101 Å². The molecule has 49 heavy (non-hydrogen) atoms. The molecule has 4 aromatic carbocycles. The van der Waals surface area contributed by atoms with Crippen molar-refractivity contribution >= 4 is 67.4 Å². The highest BCUT2D eigenvalue weighted by atomic mass is 79.9. The fourth-order valence-corrected chi connectivity index (χ4v) is 6.31. The van der Waals surface area contributed by atoms with E-state index >= 15 is 0 Å². The van der Waals surface area contributed by atoms with Gasteiger partial charge < -0.3 is 0 Å². The van der Waals surface area contributed by atoms with E-state index in [-0.39, 0.29) is 48.4 Å². The zero-order valence-corrected chi connectivity index (χ0v) is 27.1. The van der Waals surface area contributed by atoms with E-state index in [4.69, 9.17) is 0 Å². The van der Waals surface area contributed by atoms with Crippen LogP contribution in [0.2, 0.25) is 0 Å². The number of benzene rings is 4. The van der Waals surface area contributed by atoms with Crippen molar-refractivity contribution in [1.82, 2.24) is 19.8 Å². The first-order chi connectivity index (χ1) is 23.7. The molecule has 0 saturated carbocycles. The van der Waals surface area contributed by atoms with Gasteiger partial charge in [0.2, 0.25) is 0 Å². The van der Waals surface area contributed by atoms with Crippen LogP contribution in [-0.2, 0) is 13.1 Å². The highest BCUT2D eigenvalue weighted by Crippen LogP contribution is 2.29. The maximum Gasteiger partial charge on any atom is 0.261 e. The van der Waals surface area contributed by atoms with E-state index in [2.05, 4.69) is 32.5 Å². The number of nitrogens with zero attached hydrogens (tertiary/aromatic N) is 4. The van der Waals surface area contributed by atoms with Gasteiger partial charge >= 0.3 is 0 Å². The van der Waals surface area contributed by atoms with Crippen molar-refractivity contribution in [2.75, 3.05) is 0 Å². The summed E-state index contributed by atoms with van der Waals surface area (Å²) in [6, 6.07) is 25.9. The second-order valence-electron chi connectivity index (χ2n) is 11.2. The van der Waals surface area contributed by atoms with Crippen LogP contribution in [0.3, 0.4) is 0 Å². The lowest BCUT2D eigenvalue weighted by Gasteiger charge is -2.15. The minimum absolute atomic E-state index is 0.0140. The zero-order chi connectivity index (χ0) is 34.4. The summed E-state index contributed by atoms with van der Waals surface area (Å²) in [5, 5.41) is 0.763. The number of carbonyl (C=O) groups is 4. The third-order valence-electron chi connectivity index (χ3n) is 8.34. The van der Waals surface area contributed by atoms with Gasteiger partial charge in [0.05, 0.1) is 57.8 Å². The highest BCUT2D eigenvalue weighted by molar-refractivity contribution is 9.10. The van der Waals surface area contributed by atoms with E-state index in [0.717, 1.165) is 9.80 Å². The average Bonchev–Trinajstić information content (AvgIpc) is 3.49. The van der Waals surface area contributed by atoms with Crippen LogP contribution in [0.15, 0.2) is 108 Å². The minimum Gasteiger partial charge on any atom is -0.269 e. The lowest BCUT2D eigenvalue weighted by atomic mass is 10.1. The molecular formula is C38H23BrF2N4O4. The van der Waals surface area contributed by atoms with Gasteiger partial charge in [0.1, 0.15) is 11.6 Å². The van der Waals surface area contributed by atoms with E-state index in [1.807, 2.05) is 0 Å². The Morgan fingerprint density at radius 2 is 1.00 bits per heavy atom. The van der Waals surface area contributed by atoms with Gasteiger partial charge in [-0.2, -0.15) is 0 Å². The normalized spacial score (nSPS) is 13.5. The molecule has 4 heterocycles. The molecule has 240 valence electrons. The zero-order valence-electron chi connectivity index (χ0n) is 25.5. The third-order valence-corrected chi connectivity index (χ3v) is 9.03. The second kappa shape index (κ2) is 12.6. The fraction of sp³-hybridized carbons (Fsp3) is 0.0526. The van der Waals surface area contributed by atoms with Crippen LogP contribution in [0.1, 0.15) is 58.4 Å². The minimum atomic E-state index is -0.375. The molecule has 0 aliphatic carbocycles. The largest absolute Gasteiger partial charge is 0.269 e. The lowest BCUT2D eigenvalue weighted by Crippen LogP contribution is -2.29. The Hall–Kier alpha value is -5.94. The molecule has 11 heteroatoms. The summed E-state index contributed by atoms with van der Waals surface area (Å²) in [5.74, 6) is -2.13. The van der Waals surface area contributed by atoms with Crippen molar-refractivity contribution in [2.45, 2.75) is 13.1 Å². The van der Waals surface area contributed by atoms with Gasteiger partial charge in [-0.25, -0.2) is 13.8 Å². The SMILES string of the molecule is C=Cc1cc2c(F)cccc2nc1CN1C(=O)c2ccccc2C1=O.O=C1c2ccccc2C(=O)N1Cc1nc2cccc(F)c2cc1Br. The molecule has 2 aliphatic rings. The van der Waals surface area contributed by atoms with Gasteiger partial charge in [0, 0.05) is 15.2 Å². The number of imide groups is 2. The van der Waals surface area contributed by atoms with E-state index in [0.29, 0.717) is 65.5 Å². The molecule has 8 rings (SSSR count). The maximum atomic E-state index is 13.9. The summed E-state index contributed by atoms with van der Waals surface area (Å²) in [7, 11) is 0. The molecule has 0 N–H and O–H groups in total. The van der Waals surface area contributed by atoms with Gasteiger partial charge in [-0.3, -0.25) is 34.0 Å². The van der Waals surface area contributed by atoms with Crippen molar-refractivity contribution in [3.05, 3.63) is 159 Å². The van der Waals surface area contributed by atoms with Crippen LogP contribution < -0.4 is 0 Å². The molecule has 8 nitrogen and oxygen atoms in total. The molecule has 0 spiro atoms. The van der Waals surface area contributed by atoms with Gasteiger partial charge in [-0.05, 0) is 82.2 Å². The molecule has 0 saturated heterocycles. The van der Waals surface area contributed by atoms with Crippen molar-refractivity contribution in [2.24, 2.45) is 0 Å². The number of aromatic nitrogens is 2. The summed E-state index contributed by atoms with van der Waals surface area (Å²) >= 11 is 3.36. The number of pyridine rings is 2. The standard InChI is InChI=1S/C20H13FN2O2.C18H10BrFN2O2/c1-2-12-10-15-16(21)8-5-9-17(15)22-18(12)11-23-19(24)13-6-3-4-7-14(13)20(23)25;19-13-8-12-14(20)6-3-7-15(12)21-16(13)9-22-17(23)10-4-1-2-5-11(10)18(22)24/h2-10H,1,11H2;1-8H,9H2. The molecule has 6 aromatic rings. The summed E-state index contributed by atoms with van der Waals surface area (Å²) in [6.07, 6.45) is 1.55. The molecule has 2 aliphatic heterocycles. The quantitative estimate of drug-likeness (QED) is 0.169. The van der Waals surface area contributed by atoms with E-state index in [9.17, 15) is 28.0 Å². The van der Waals surface area contributed by atoms with Crippen LogP contribution in [0.25, 0.3) is 27.9 Å². The second-order valence-corrected chi connectivity index (χ2v) is 12.1. The smallest absolute Gasteiger partial charge is 0.261 e. The Bertz CT molecular complexity index is 2340. The monoisotopic (exact) mass is 716 g/mol. The summed E-state index contributed by atoms with van der Waals surface area (Å²) in [6.45, 7) is 3.77. The number of rotatable bonds is 5. The van der Waals surface area contributed by atoms with Gasteiger partial charge in [-0.1, -0.05) is 49.1 Å². The first-order valence-electron chi connectivity index (χ1n) is 15.0. The summed E-state index contributed by atoms with van der Waals surface area (Å²) < 4.78 is 28.3. The van der Waals surface area contributed by atoms with Crippen molar-refractivity contribution < 1.29 is 28.0 Å². The van der Waals surface area contributed by atoms with Crippen molar-refractivity contribution in [3.63, 3.8) is 0 Å². The van der Waals surface area contributed by atoms with Crippen LogP contribution in [-0.4, -0.2) is 43.4 Å². The molecule has 4 amide bonds. The number of fused-ring (bicyclic) bond motifs is 4. The van der Waals surface area contributed by atoms with Gasteiger partial charge in [-0.15, -0.1) is 0 Å². The number of amides is 4. The van der Waals surface area contributed by atoms with Crippen LogP contribution >= 0.6 is 15.9 Å². The number of hydrogen-bond donors (Lipinski definition) is 0. The van der Waals surface area contributed by atoms with E-state index < -0.39 is 0 Å². The van der Waals surface area contributed by atoms with E-state index in [1.54, 1.807) is 91.0 Å². The van der Waals surface area contributed by atoms with Crippen LogP contribution in [0.4, 0.5) is 8.78 Å². The van der Waals surface area contributed by atoms with E-state index in [1.165, 1.54) is 12.1 Å². The molecular weight excluding hydrogens is 694 g/mol. The maximum absolute atomic E-state index is 13.9. The molecule has 0 bridgehead atoms. The van der Waals surface area contributed by atoms with Crippen molar-refractivity contribution in [3.8, 4) is 0 Å². The fourth-order valence-electron chi connectivity index (χ4n) is 5.87. The molecule has 0 fully saturated rings. The number of hydrogen-bond acceptors (Lipinski definition) is 6. The van der Waals surface area contributed by atoms with Crippen molar-refractivity contribution in [1.29, 1.82) is 0 Å². The Morgan fingerprint density at radius 3 is 1.45 bits per heavy atom. The Labute approximate surface area is 286 Å². The van der Waals surface area contributed by atoms with Gasteiger partial charge in [0.15, 0.2) is 0 Å². The summed E-state index contributed by atoms with van der Waals surface area (Å²) in [5.41, 5.74) is 4.11. The molecule has 0 radical (unpaired) electrons. The molecule has 0 atom stereocenters. The molecule has 0 unspecified atom stereocenters.